The van der Waals surface area contributed by atoms with Gasteiger partial charge in [0.1, 0.15) is 0 Å². The highest BCUT2D eigenvalue weighted by molar-refractivity contribution is 14.1. The summed E-state index contributed by atoms with van der Waals surface area (Å²) in [5.41, 5.74) is 7.71. The number of halogens is 2. The van der Waals surface area contributed by atoms with Crippen molar-refractivity contribution in [1.29, 1.82) is 0 Å². The number of aryl methyl sites for hydroxylation is 1. The standard InChI is InChI=1S/C13H11ClIN3O/c1-7-10(5-9(16)6-17-7)13(19)18-12-3-2-8(15)4-11(12)14/h2-6H,16H2,1H3,(H,18,19). The SMILES string of the molecule is Cc1ncc(N)cc1C(=O)Nc1ccc(I)cc1Cl. The average Bonchev–Trinajstić information content (AvgIpc) is 2.35. The highest BCUT2D eigenvalue weighted by Crippen LogP contribution is 2.24. The molecule has 0 fully saturated rings. The number of benzene rings is 1. The van der Waals surface area contributed by atoms with E-state index in [0.717, 1.165) is 3.57 Å². The molecular weight excluding hydrogens is 377 g/mol. The Hall–Kier alpha value is -1.34. The number of aromatic nitrogens is 1. The van der Waals surface area contributed by atoms with E-state index in [4.69, 9.17) is 17.3 Å². The van der Waals surface area contributed by atoms with Gasteiger partial charge in [-0.15, -0.1) is 0 Å². The molecule has 0 saturated carbocycles. The number of hydrogen-bond donors (Lipinski definition) is 2. The fourth-order valence-corrected chi connectivity index (χ4v) is 2.46. The van der Waals surface area contributed by atoms with Gasteiger partial charge in [0, 0.05) is 3.57 Å². The first-order valence-corrected chi connectivity index (χ1v) is 6.91. The van der Waals surface area contributed by atoms with E-state index in [9.17, 15) is 4.79 Å². The van der Waals surface area contributed by atoms with Gasteiger partial charge in [0.25, 0.3) is 5.91 Å². The van der Waals surface area contributed by atoms with Crippen molar-refractivity contribution in [2.24, 2.45) is 0 Å². The van der Waals surface area contributed by atoms with E-state index in [2.05, 4.69) is 32.9 Å². The smallest absolute Gasteiger partial charge is 0.257 e. The summed E-state index contributed by atoms with van der Waals surface area (Å²) < 4.78 is 1.00. The minimum absolute atomic E-state index is 0.277. The second-order valence-corrected chi connectivity index (χ2v) is 5.63. The molecule has 19 heavy (non-hydrogen) atoms. The summed E-state index contributed by atoms with van der Waals surface area (Å²) in [6.07, 6.45) is 1.52. The second-order valence-electron chi connectivity index (χ2n) is 3.98. The van der Waals surface area contributed by atoms with Gasteiger partial charge in [-0.25, -0.2) is 0 Å². The Labute approximate surface area is 129 Å². The Morgan fingerprint density at radius 3 is 2.84 bits per heavy atom. The maximum absolute atomic E-state index is 12.2. The third kappa shape index (κ3) is 3.36. The van der Waals surface area contributed by atoms with Crippen molar-refractivity contribution in [2.45, 2.75) is 6.92 Å². The van der Waals surface area contributed by atoms with Crippen LogP contribution in [0.25, 0.3) is 0 Å². The predicted molar refractivity (Wildman–Crippen MR) is 85.5 cm³/mol. The summed E-state index contributed by atoms with van der Waals surface area (Å²) >= 11 is 8.23. The molecule has 1 heterocycles. The van der Waals surface area contributed by atoms with E-state index < -0.39 is 0 Å². The molecule has 3 N–H and O–H groups in total. The number of hydrogen-bond acceptors (Lipinski definition) is 3. The van der Waals surface area contributed by atoms with Crippen molar-refractivity contribution in [2.75, 3.05) is 11.1 Å². The maximum Gasteiger partial charge on any atom is 0.257 e. The molecule has 0 unspecified atom stereocenters. The molecule has 0 spiro atoms. The van der Waals surface area contributed by atoms with Gasteiger partial charge in [0.2, 0.25) is 0 Å². The number of carbonyl (C=O) groups excluding carboxylic acids is 1. The first-order valence-electron chi connectivity index (χ1n) is 5.46. The van der Waals surface area contributed by atoms with Crippen molar-refractivity contribution in [3.63, 3.8) is 0 Å². The van der Waals surface area contributed by atoms with Gasteiger partial charge in [-0.1, -0.05) is 11.6 Å². The highest BCUT2D eigenvalue weighted by atomic mass is 127. The lowest BCUT2D eigenvalue weighted by molar-refractivity contribution is 0.102. The zero-order valence-corrected chi connectivity index (χ0v) is 13.0. The van der Waals surface area contributed by atoms with Gasteiger partial charge < -0.3 is 11.1 Å². The van der Waals surface area contributed by atoms with Gasteiger partial charge >= 0.3 is 0 Å². The zero-order valence-electron chi connectivity index (χ0n) is 10.1. The van der Waals surface area contributed by atoms with Crippen LogP contribution in [0.5, 0.6) is 0 Å². The molecule has 1 amide bonds. The maximum atomic E-state index is 12.2. The Bertz CT molecular complexity index is 646. The number of nitrogen functional groups attached to an aromatic ring is 1. The van der Waals surface area contributed by atoms with Gasteiger partial charge in [0.05, 0.1) is 33.9 Å². The van der Waals surface area contributed by atoms with Crippen LogP contribution < -0.4 is 11.1 Å². The number of amides is 1. The lowest BCUT2D eigenvalue weighted by Crippen LogP contribution is -2.14. The molecule has 0 aliphatic rings. The summed E-state index contributed by atoms with van der Waals surface area (Å²) in [5, 5.41) is 3.25. The summed E-state index contributed by atoms with van der Waals surface area (Å²) in [5.74, 6) is -0.277. The van der Waals surface area contributed by atoms with Crippen LogP contribution in [-0.2, 0) is 0 Å². The zero-order chi connectivity index (χ0) is 14.0. The van der Waals surface area contributed by atoms with Gasteiger partial charge in [-0.3, -0.25) is 9.78 Å². The summed E-state index contributed by atoms with van der Waals surface area (Å²) in [6.45, 7) is 1.75. The number of nitrogens with two attached hydrogens (primary N) is 1. The predicted octanol–water partition coefficient (Wildman–Crippen LogP) is 3.48. The Balaban J connectivity index is 2.28. The number of pyridine rings is 1. The van der Waals surface area contributed by atoms with Crippen LogP contribution in [0.4, 0.5) is 11.4 Å². The van der Waals surface area contributed by atoms with E-state index in [0.29, 0.717) is 27.7 Å². The van der Waals surface area contributed by atoms with Crippen LogP contribution in [0.1, 0.15) is 16.1 Å². The van der Waals surface area contributed by atoms with Crippen molar-refractivity contribution < 1.29 is 4.79 Å². The molecule has 0 aliphatic carbocycles. The minimum atomic E-state index is -0.277. The van der Waals surface area contributed by atoms with Crippen LogP contribution in [-0.4, -0.2) is 10.9 Å². The topological polar surface area (TPSA) is 68.0 Å². The van der Waals surface area contributed by atoms with Crippen LogP contribution in [0.2, 0.25) is 5.02 Å². The lowest BCUT2D eigenvalue weighted by atomic mass is 10.1. The van der Waals surface area contributed by atoms with E-state index >= 15 is 0 Å². The average molecular weight is 388 g/mol. The molecule has 6 heteroatoms. The van der Waals surface area contributed by atoms with Crippen molar-refractivity contribution in [3.05, 3.63) is 50.3 Å². The van der Waals surface area contributed by atoms with Gasteiger partial charge in [0.15, 0.2) is 0 Å². The first-order chi connectivity index (χ1) is 8.97. The third-order valence-electron chi connectivity index (χ3n) is 2.53. The Morgan fingerprint density at radius 2 is 2.16 bits per heavy atom. The van der Waals surface area contributed by atoms with Crippen molar-refractivity contribution in [1.82, 2.24) is 4.98 Å². The molecule has 0 saturated heterocycles. The summed E-state index contributed by atoms with van der Waals surface area (Å²) in [6, 6.07) is 7.00. The monoisotopic (exact) mass is 387 g/mol. The van der Waals surface area contributed by atoms with Gasteiger partial charge in [-0.2, -0.15) is 0 Å². The molecule has 0 aliphatic heterocycles. The highest BCUT2D eigenvalue weighted by Gasteiger charge is 2.12. The third-order valence-corrected chi connectivity index (χ3v) is 3.52. The van der Waals surface area contributed by atoms with Gasteiger partial charge in [-0.05, 0) is 53.8 Å². The molecule has 0 atom stereocenters. The van der Waals surface area contributed by atoms with E-state index in [1.165, 1.54) is 6.20 Å². The number of carbonyl (C=O) groups is 1. The molecular formula is C13H11ClIN3O. The number of anilines is 2. The number of rotatable bonds is 2. The van der Waals surface area contributed by atoms with E-state index in [-0.39, 0.29) is 5.91 Å². The quantitative estimate of drug-likeness (QED) is 0.775. The molecule has 2 aromatic rings. The normalized spacial score (nSPS) is 10.3. The minimum Gasteiger partial charge on any atom is -0.397 e. The molecule has 0 radical (unpaired) electrons. The summed E-state index contributed by atoms with van der Waals surface area (Å²) in [7, 11) is 0. The number of nitrogens with zero attached hydrogens (tertiary/aromatic N) is 1. The molecule has 1 aromatic carbocycles. The van der Waals surface area contributed by atoms with Crippen LogP contribution >= 0.6 is 34.2 Å². The molecule has 1 aromatic heterocycles. The largest absolute Gasteiger partial charge is 0.397 e. The van der Waals surface area contributed by atoms with E-state index in [1.54, 1.807) is 25.1 Å². The fourth-order valence-electron chi connectivity index (χ4n) is 1.56. The molecule has 4 nitrogen and oxygen atoms in total. The van der Waals surface area contributed by atoms with E-state index in [1.807, 2.05) is 6.07 Å². The lowest BCUT2D eigenvalue weighted by Gasteiger charge is -2.09. The number of nitrogens with one attached hydrogen (secondary N) is 1. The summed E-state index contributed by atoms with van der Waals surface area (Å²) in [4.78, 5) is 16.2. The Morgan fingerprint density at radius 1 is 1.42 bits per heavy atom. The van der Waals surface area contributed by atoms with Crippen molar-refractivity contribution >= 4 is 51.5 Å². The fraction of sp³-hybridized carbons (Fsp3) is 0.0769. The van der Waals surface area contributed by atoms with Crippen LogP contribution in [0.15, 0.2) is 30.5 Å². The van der Waals surface area contributed by atoms with Crippen molar-refractivity contribution in [3.8, 4) is 0 Å². The van der Waals surface area contributed by atoms with Crippen LogP contribution in [0.3, 0.4) is 0 Å². The molecule has 2 rings (SSSR count). The Kier molecular flexibility index (Phi) is 4.26. The van der Waals surface area contributed by atoms with Crippen LogP contribution in [0, 0.1) is 10.5 Å². The second kappa shape index (κ2) is 5.75. The molecule has 0 bridgehead atoms. The first kappa shape index (κ1) is 14.1. The molecule has 98 valence electrons.